The number of fused-ring (bicyclic) bond motifs is 2. The maximum atomic E-state index is 6.47. The SMILES string of the molecule is C/C=C/COC1=C(/C=C/C2N(CC)c3ccc(C)c4c3C42C)CC/C1=C\C=C1\N(CC)c2ccc(C)cc2C1(C)C. The number of allylic oxidation sites excluding steroid dienone is 7. The van der Waals surface area contributed by atoms with Crippen LogP contribution in [0.4, 0.5) is 11.4 Å². The number of rotatable bonds is 8. The molecule has 0 saturated heterocycles. The minimum absolute atomic E-state index is 0.0392. The fraction of sp³-hybridized carbons (Fsp3) is 0.421. The van der Waals surface area contributed by atoms with Crippen LogP contribution in [0.3, 0.4) is 0 Å². The van der Waals surface area contributed by atoms with E-state index in [9.17, 15) is 0 Å². The molecule has 214 valence electrons. The van der Waals surface area contributed by atoms with E-state index in [-0.39, 0.29) is 10.8 Å². The van der Waals surface area contributed by atoms with Gasteiger partial charge in [0.15, 0.2) is 0 Å². The maximum absolute atomic E-state index is 6.47. The number of benzene rings is 2. The standard InChI is InChI=1S/C38H46N2O/c1-9-12-23-41-36-27(17-21-32-37(6,7)29-24-25(4)13-19-30(29)39(32)10-2)15-16-28(36)18-22-33-38(8)34-26(5)14-20-31(35(34)38)40(33)11-3/h9,12-14,17-22,24,33H,10-11,15-16,23H2,1-8H3/b12-9+,22-18+,27-17+,32-21+. The Morgan fingerprint density at radius 2 is 1.73 bits per heavy atom. The Hall–Kier alpha value is -3.46. The van der Waals surface area contributed by atoms with E-state index < -0.39 is 0 Å². The van der Waals surface area contributed by atoms with Crippen molar-refractivity contribution in [2.24, 2.45) is 0 Å². The van der Waals surface area contributed by atoms with Crippen LogP contribution in [-0.2, 0) is 15.6 Å². The summed E-state index contributed by atoms with van der Waals surface area (Å²) < 4.78 is 6.47. The van der Waals surface area contributed by atoms with Crippen molar-refractivity contribution < 1.29 is 4.74 Å². The Labute approximate surface area is 247 Å². The number of nitrogens with zero attached hydrogens (tertiary/aromatic N) is 2. The first-order valence-electron chi connectivity index (χ1n) is 15.5. The highest BCUT2D eigenvalue weighted by atomic mass is 16.5. The van der Waals surface area contributed by atoms with Crippen LogP contribution >= 0.6 is 0 Å². The lowest BCUT2D eigenvalue weighted by Gasteiger charge is -2.31. The summed E-state index contributed by atoms with van der Waals surface area (Å²) in [6, 6.07) is 11.9. The molecule has 2 aliphatic carbocycles. The summed E-state index contributed by atoms with van der Waals surface area (Å²) in [5.41, 5.74) is 14.2. The van der Waals surface area contributed by atoms with Crippen LogP contribution in [0.5, 0.6) is 0 Å². The van der Waals surface area contributed by atoms with Gasteiger partial charge in [-0.1, -0.05) is 68.0 Å². The molecular formula is C38H46N2O. The molecule has 0 bridgehead atoms. The van der Waals surface area contributed by atoms with Gasteiger partial charge in [0, 0.05) is 41.0 Å². The first-order chi connectivity index (χ1) is 19.7. The second-order valence-electron chi connectivity index (χ2n) is 12.8. The normalized spacial score (nSPS) is 25.9. The molecule has 0 spiro atoms. The monoisotopic (exact) mass is 546 g/mol. The molecular weight excluding hydrogens is 500 g/mol. The Bertz CT molecular complexity index is 1550. The third kappa shape index (κ3) is 4.15. The molecule has 0 saturated carbocycles. The van der Waals surface area contributed by atoms with E-state index in [4.69, 9.17) is 4.74 Å². The average Bonchev–Trinajstić information content (AvgIpc) is 3.18. The first-order valence-corrected chi connectivity index (χ1v) is 15.5. The minimum Gasteiger partial charge on any atom is -0.489 e. The van der Waals surface area contributed by atoms with Gasteiger partial charge in [0.05, 0.1) is 6.04 Å². The van der Waals surface area contributed by atoms with Crippen molar-refractivity contribution in [3.8, 4) is 0 Å². The minimum atomic E-state index is -0.0392. The van der Waals surface area contributed by atoms with Gasteiger partial charge in [-0.2, -0.15) is 0 Å². The molecule has 6 rings (SSSR count). The van der Waals surface area contributed by atoms with Gasteiger partial charge in [-0.05, 0) is 106 Å². The molecule has 4 aliphatic rings. The summed E-state index contributed by atoms with van der Waals surface area (Å²) in [4.78, 5) is 5.06. The third-order valence-electron chi connectivity index (χ3n) is 10.0. The van der Waals surface area contributed by atoms with Gasteiger partial charge in [-0.3, -0.25) is 0 Å². The Balaban J connectivity index is 1.33. The van der Waals surface area contributed by atoms with Gasteiger partial charge in [-0.25, -0.2) is 0 Å². The van der Waals surface area contributed by atoms with Crippen molar-refractivity contribution in [3.63, 3.8) is 0 Å². The van der Waals surface area contributed by atoms with E-state index in [1.807, 2.05) is 0 Å². The van der Waals surface area contributed by atoms with Gasteiger partial charge >= 0.3 is 0 Å². The van der Waals surface area contributed by atoms with Crippen molar-refractivity contribution in [3.05, 3.63) is 117 Å². The highest BCUT2D eigenvalue weighted by Crippen LogP contribution is 2.64. The molecule has 2 heterocycles. The summed E-state index contributed by atoms with van der Waals surface area (Å²) >= 11 is 0. The van der Waals surface area contributed by atoms with Crippen molar-refractivity contribution in [2.75, 3.05) is 29.5 Å². The molecule has 2 atom stereocenters. The van der Waals surface area contributed by atoms with Crippen LogP contribution in [0, 0.1) is 13.8 Å². The highest BCUT2D eigenvalue weighted by Gasteiger charge is 2.61. The first kappa shape index (κ1) is 27.7. The van der Waals surface area contributed by atoms with Gasteiger partial charge in [-0.15, -0.1) is 0 Å². The van der Waals surface area contributed by atoms with Gasteiger partial charge in [0.2, 0.25) is 0 Å². The fourth-order valence-electron chi connectivity index (χ4n) is 7.87. The van der Waals surface area contributed by atoms with E-state index >= 15 is 0 Å². The van der Waals surface area contributed by atoms with Crippen molar-refractivity contribution in [2.45, 2.75) is 85.1 Å². The van der Waals surface area contributed by atoms with Gasteiger partial charge in [0.25, 0.3) is 0 Å². The van der Waals surface area contributed by atoms with E-state index in [1.54, 1.807) is 11.1 Å². The lowest BCUT2D eigenvalue weighted by Crippen LogP contribution is -2.38. The predicted octanol–water partition coefficient (Wildman–Crippen LogP) is 8.96. The molecule has 2 unspecified atom stereocenters. The molecule has 2 aliphatic heterocycles. The number of hydrogen-bond donors (Lipinski definition) is 0. The molecule has 0 fully saturated rings. The van der Waals surface area contributed by atoms with Crippen LogP contribution < -0.4 is 9.80 Å². The van der Waals surface area contributed by atoms with Crippen LogP contribution in [0.25, 0.3) is 0 Å². The van der Waals surface area contributed by atoms with E-state index in [0.717, 1.165) is 31.7 Å². The number of hydrogen-bond acceptors (Lipinski definition) is 3. The quantitative estimate of drug-likeness (QED) is 0.307. The molecule has 0 aromatic heterocycles. The molecule has 0 radical (unpaired) electrons. The average molecular weight is 547 g/mol. The van der Waals surface area contributed by atoms with E-state index in [0.29, 0.717) is 12.6 Å². The van der Waals surface area contributed by atoms with Crippen molar-refractivity contribution >= 4 is 11.4 Å². The van der Waals surface area contributed by atoms with Gasteiger partial charge in [0.1, 0.15) is 12.4 Å². The lowest BCUT2D eigenvalue weighted by molar-refractivity contribution is 0.256. The Kier molecular flexibility index (Phi) is 6.83. The zero-order valence-electron chi connectivity index (χ0n) is 26.3. The Morgan fingerprint density at radius 1 is 0.951 bits per heavy atom. The molecule has 3 nitrogen and oxygen atoms in total. The topological polar surface area (TPSA) is 15.7 Å². The maximum Gasteiger partial charge on any atom is 0.126 e. The summed E-state index contributed by atoms with van der Waals surface area (Å²) in [6.45, 7) is 20.8. The van der Waals surface area contributed by atoms with Crippen LogP contribution in [0.2, 0.25) is 0 Å². The second kappa shape index (κ2) is 10.1. The zero-order valence-corrected chi connectivity index (χ0v) is 26.3. The summed E-state index contributed by atoms with van der Waals surface area (Å²) in [7, 11) is 0. The van der Waals surface area contributed by atoms with Crippen LogP contribution in [0.15, 0.2) is 89.4 Å². The largest absolute Gasteiger partial charge is 0.489 e. The molecule has 3 heteroatoms. The second-order valence-corrected chi connectivity index (χ2v) is 12.8. The summed E-state index contributed by atoms with van der Waals surface area (Å²) in [6.07, 6.45) is 15.7. The number of aryl methyl sites for hydroxylation is 2. The molecule has 0 N–H and O–H groups in total. The van der Waals surface area contributed by atoms with E-state index in [1.165, 1.54) is 44.9 Å². The highest BCUT2D eigenvalue weighted by molar-refractivity contribution is 5.84. The zero-order chi connectivity index (χ0) is 29.1. The Morgan fingerprint density at radius 3 is 2.46 bits per heavy atom. The van der Waals surface area contributed by atoms with E-state index in [2.05, 4.69) is 132 Å². The smallest absolute Gasteiger partial charge is 0.126 e. The fourth-order valence-corrected chi connectivity index (χ4v) is 7.87. The number of anilines is 2. The van der Waals surface area contributed by atoms with Crippen molar-refractivity contribution in [1.29, 1.82) is 0 Å². The van der Waals surface area contributed by atoms with Crippen LogP contribution in [0.1, 0.15) is 82.2 Å². The molecule has 0 amide bonds. The predicted molar refractivity (Wildman–Crippen MR) is 174 cm³/mol. The lowest BCUT2D eigenvalue weighted by atomic mass is 9.83. The molecule has 41 heavy (non-hydrogen) atoms. The summed E-state index contributed by atoms with van der Waals surface area (Å²) in [5, 5.41) is 0. The van der Waals surface area contributed by atoms with Crippen molar-refractivity contribution in [1.82, 2.24) is 0 Å². The summed E-state index contributed by atoms with van der Waals surface area (Å²) in [5.74, 6) is 1.07. The molecule has 2 aromatic rings. The third-order valence-corrected chi connectivity index (χ3v) is 10.0. The van der Waals surface area contributed by atoms with Crippen LogP contribution in [-0.4, -0.2) is 25.7 Å². The number of ether oxygens (including phenoxy) is 1. The van der Waals surface area contributed by atoms with Gasteiger partial charge < -0.3 is 14.5 Å². The molecule has 2 aromatic carbocycles. The number of likely N-dealkylation sites (N-methyl/N-ethyl adjacent to an activating group) is 2.